The largest absolute Gasteiger partial charge is 0.433 e. The molecule has 4 aromatic rings. The molecular formula is C27H30F3N7O. The van der Waals surface area contributed by atoms with Crippen LogP contribution in [0.2, 0.25) is 0 Å². The van der Waals surface area contributed by atoms with Gasteiger partial charge in [-0.05, 0) is 24.5 Å². The Morgan fingerprint density at radius 3 is 2.34 bits per heavy atom. The van der Waals surface area contributed by atoms with Gasteiger partial charge in [-0.15, -0.1) is 0 Å². The Morgan fingerprint density at radius 2 is 1.76 bits per heavy atom. The van der Waals surface area contributed by atoms with Crippen LogP contribution >= 0.6 is 0 Å². The third kappa shape index (κ3) is 5.02. The van der Waals surface area contributed by atoms with Crippen LogP contribution in [0.15, 0.2) is 42.7 Å². The molecule has 8 nitrogen and oxygen atoms in total. The number of halogens is 3. The van der Waals surface area contributed by atoms with Gasteiger partial charge in [0.25, 0.3) is 5.91 Å². The summed E-state index contributed by atoms with van der Waals surface area (Å²) in [6.07, 6.45) is -1.49. The quantitative estimate of drug-likeness (QED) is 0.383. The van der Waals surface area contributed by atoms with Gasteiger partial charge in [0.2, 0.25) is 0 Å². The third-order valence-electron chi connectivity index (χ3n) is 7.03. The summed E-state index contributed by atoms with van der Waals surface area (Å²) in [5.74, 6) is -0.0803. The minimum Gasteiger partial charge on any atom is -0.336 e. The van der Waals surface area contributed by atoms with E-state index in [1.54, 1.807) is 21.7 Å². The number of piperazine rings is 1. The first-order chi connectivity index (χ1) is 18.0. The highest BCUT2D eigenvalue weighted by Gasteiger charge is 2.36. The summed E-state index contributed by atoms with van der Waals surface area (Å²) in [5, 5.41) is 8.30. The fourth-order valence-corrected chi connectivity index (χ4v) is 4.83. The maximum Gasteiger partial charge on any atom is 0.433 e. The predicted octanol–water partition coefficient (Wildman–Crippen LogP) is 4.54. The lowest BCUT2D eigenvalue weighted by atomic mass is 10.0. The van der Waals surface area contributed by atoms with E-state index < -0.39 is 11.9 Å². The highest BCUT2D eigenvalue weighted by Crippen LogP contribution is 2.33. The molecule has 0 spiro atoms. The summed E-state index contributed by atoms with van der Waals surface area (Å²) in [6.45, 7) is 9.00. The summed E-state index contributed by atoms with van der Waals surface area (Å²) in [6, 6.07) is 8.27. The van der Waals surface area contributed by atoms with Crippen LogP contribution in [0.3, 0.4) is 0 Å². The normalized spacial score (nSPS) is 15.1. The standard InChI is InChI=1S/C27H30F3N7O/c1-17(2)19-5-7-20(8-6-19)23-13-24(27(28,29)30)37-25(32-23)22(14-31-37)26(38)36-11-9-35(10-12-36)16-21-15-34(4)33-18(21)3/h5-8,13-15,17H,9-12,16H2,1-4H3. The van der Waals surface area contributed by atoms with Crippen molar-refractivity contribution in [3.8, 4) is 11.3 Å². The van der Waals surface area contributed by atoms with Gasteiger partial charge in [-0.1, -0.05) is 38.1 Å². The number of carbonyl (C=O) groups excluding carboxylic acids is 1. The van der Waals surface area contributed by atoms with E-state index in [1.165, 1.54) is 6.20 Å². The Hall–Kier alpha value is -3.73. The molecule has 0 unspecified atom stereocenters. The summed E-state index contributed by atoms with van der Waals surface area (Å²) in [4.78, 5) is 21.8. The number of benzene rings is 1. The molecule has 1 aliphatic heterocycles. The number of aryl methyl sites for hydroxylation is 2. The van der Waals surface area contributed by atoms with Gasteiger partial charge in [0, 0.05) is 57.1 Å². The number of fused-ring (bicyclic) bond motifs is 1. The second kappa shape index (κ2) is 9.86. The van der Waals surface area contributed by atoms with Crippen LogP contribution in [0.25, 0.3) is 16.9 Å². The molecule has 1 aliphatic rings. The zero-order chi connectivity index (χ0) is 27.2. The molecular weight excluding hydrogens is 495 g/mol. The number of hydrogen-bond donors (Lipinski definition) is 0. The second-order valence-electron chi connectivity index (χ2n) is 10.1. The van der Waals surface area contributed by atoms with Gasteiger partial charge in [-0.3, -0.25) is 14.4 Å². The molecule has 0 bridgehead atoms. The predicted molar refractivity (Wildman–Crippen MR) is 137 cm³/mol. The van der Waals surface area contributed by atoms with Crippen molar-refractivity contribution < 1.29 is 18.0 Å². The van der Waals surface area contributed by atoms with Crippen molar-refractivity contribution in [1.29, 1.82) is 0 Å². The molecule has 200 valence electrons. The van der Waals surface area contributed by atoms with Gasteiger partial charge in [0.1, 0.15) is 5.56 Å². The number of nitrogens with zero attached hydrogens (tertiary/aromatic N) is 7. The number of hydrogen-bond acceptors (Lipinski definition) is 5. The molecule has 38 heavy (non-hydrogen) atoms. The summed E-state index contributed by atoms with van der Waals surface area (Å²) >= 11 is 0. The van der Waals surface area contributed by atoms with Crippen molar-refractivity contribution in [1.82, 2.24) is 34.2 Å². The zero-order valence-electron chi connectivity index (χ0n) is 21.8. The average molecular weight is 526 g/mol. The van der Waals surface area contributed by atoms with E-state index in [1.807, 2.05) is 46.1 Å². The molecule has 3 aromatic heterocycles. The van der Waals surface area contributed by atoms with E-state index in [2.05, 4.69) is 20.1 Å². The molecule has 0 atom stereocenters. The van der Waals surface area contributed by atoms with Crippen LogP contribution in [-0.4, -0.2) is 66.3 Å². The SMILES string of the molecule is Cc1nn(C)cc1CN1CCN(C(=O)c2cnn3c(C(F)(F)F)cc(-c4ccc(C(C)C)cc4)nc23)CC1. The van der Waals surface area contributed by atoms with Gasteiger partial charge in [0.05, 0.1) is 17.6 Å². The molecule has 4 heterocycles. The van der Waals surface area contributed by atoms with Crippen molar-refractivity contribution >= 4 is 11.6 Å². The van der Waals surface area contributed by atoms with Crippen molar-refractivity contribution in [2.24, 2.45) is 7.05 Å². The van der Waals surface area contributed by atoms with Crippen molar-refractivity contribution in [2.45, 2.75) is 39.4 Å². The maximum absolute atomic E-state index is 14.0. The zero-order valence-corrected chi connectivity index (χ0v) is 21.8. The maximum atomic E-state index is 14.0. The van der Waals surface area contributed by atoms with E-state index in [0.29, 0.717) is 31.7 Å². The van der Waals surface area contributed by atoms with Crippen LogP contribution in [-0.2, 0) is 19.8 Å². The Kier molecular flexibility index (Phi) is 6.72. The van der Waals surface area contributed by atoms with Crippen molar-refractivity contribution in [2.75, 3.05) is 26.2 Å². The Labute approximate surface area is 218 Å². The minimum atomic E-state index is -4.67. The van der Waals surface area contributed by atoms with E-state index in [-0.39, 0.29) is 28.7 Å². The minimum absolute atomic E-state index is 0.0627. The second-order valence-corrected chi connectivity index (χ2v) is 10.1. The molecule has 1 saturated heterocycles. The Bertz CT molecular complexity index is 1460. The van der Waals surface area contributed by atoms with Gasteiger partial charge >= 0.3 is 6.18 Å². The number of rotatable bonds is 5. The fourth-order valence-electron chi connectivity index (χ4n) is 4.83. The smallest absolute Gasteiger partial charge is 0.336 e. The molecule has 1 fully saturated rings. The summed E-state index contributed by atoms with van der Waals surface area (Å²) in [7, 11) is 1.88. The molecule has 1 amide bonds. The van der Waals surface area contributed by atoms with Crippen molar-refractivity contribution in [3.05, 3.63) is 70.8 Å². The van der Waals surface area contributed by atoms with Gasteiger partial charge in [-0.25, -0.2) is 9.50 Å². The monoisotopic (exact) mass is 525 g/mol. The number of amides is 1. The summed E-state index contributed by atoms with van der Waals surface area (Å²) in [5.41, 5.74) is 2.86. The topological polar surface area (TPSA) is 71.6 Å². The van der Waals surface area contributed by atoms with Crippen LogP contribution in [0.1, 0.15) is 52.6 Å². The molecule has 0 aliphatic carbocycles. The molecule has 0 saturated carbocycles. The van der Waals surface area contributed by atoms with E-state index in [4.69, 9.17) is 0 Å². The van der Waals surface area contributed by atoms with Crippen LogP contribution in [0.5, 0.6) is 0 Å². The lowest BCUT2D eigenvalue weighted by Gasteiger charge is -2.34. The first-order valence-electron chi connectivity index (χ1n) is 12.6. The van der Waals surface area contributed by atoms with Gasteiger partial charge < -0.3 is 4.90 Å². The first kappa shape index (κ1) is 25.9. The van der Waals surface area contributed by atoms with Crippen molar-refractivity contribution in [3.63, 3.8) is 0 Å². The van der Waals surface area contributed by atoms with Gasteiger partial charge in [-0.2, -0.15) is 23.4 Å². The number of carbonyl (C=O) groups is 1. The molecule has 5 rings (SSSR count). The highest BCUT2D eigenvalue weighted by atomic mass is 19.4. The third-order valence-corrected chi connectivity index (χ3v) is 7.03. The van der Waals surface area contributed by atoms with E-state index >= 15 is 0 Å². The highest BCUT2D eigenvalue weighted by molar-refractivity contribution is 6.00. The molecule has 1 aromatic carbocycles. The Morgan fingerprint density at radius 1 is 1.08 bits per heavy atom. The number of alkyl halides is 3. The molecule has 0 N–H and O–H groups in total. The van der Waals surface area contributed by atoms with E-state index in [0.717, 1.165) is 33.9 Å². The fraction of sp³-hybridized carbons (Fsp3) is 0.407. The average Bonchev–Trinajstić information content (AvgIpc) is 3.44. The van der Waals surface area contributed by atoms with Gasteiger partial charge in [0.15, 0.2) is 11.3 Å². The lowest BCUT2D eigenvalue weighted by molar-refractivity contribution is -0.142. The van der Waals surface area contributed by atoms with Crippen LogP contribution < -0.4 is 0 Å². The Balaban J connectivity index is 1.41. The number of aromatic nitrogens is 5. The first-order valence-corrected chi connectivity index (χ1v) is 12.6. The molecule has 0 radical (unpaired) electrons. The molecule has 11 heteroatoms. The summed E-state index contributed by atoms with van der Waals surface area (Å²) < 4.78 is 44.5. The van der Waals surface area contributed by atoms with Crippen LogP contribution in [0.4, 0.5) is 13.2 Å². The van der Waals surface area contributed by atoms with Crippen LogP contribution in [0, 0.1) is 6.92 Å². The lowest BCUT2D eigenvalue weighted by Crippen LogP contribution is -2.48. The van der Waals surface area contributed by atoms with E-state index in [9.17, 15) is 18.0 Å².